The number of aryl methyl sites for hydroxylation is 1. The van der Waals surface area contributed by atoms with Crippen LogP contribution in [0.5, 0.6) is 0 Å². The Kier molecular flexibility index (Phi) is 5.30. The molecule has 0 radical (unpaired) electrons. The second-order valence-electron chi connectivity index (χ2n) is 8.23. The molecule has 2 aliphatic rings. The minimum Gasteiger partial charge on any atom is -0.354 e. The van der Waals surface area contributed by atoms with Gasteiger partial charge in [-0.05, 0) is 37.6 Å². The normalized spacial score (nSPS) is 17.0. The second kappa shape index (κ2) is 8.39. The van der Waals surface area contributed by atoms with Crippen LogP contribution < -0.4 is 15.8 Å². The van der Waals surface area contributed by atoms with Crippen LogP contribution in [0.1, 0.15) is 12.8 Å². The van der Waals surface area contributed by atoms with Crippen LogP contribution in [0.2, 0.25) is 0 Å². The number of fused-ring (bicyclic) bond motifs is 1. The third-order valence-electron chi connectivity index (χ3n) is 6.27. The predicted octanol–water partition coefficient (Wildman–Crippen LogP) is 2.44. The maximum absolute atomic E-state index is 4.68. The minimum atomic E-state index is 0.563. The molecule has 0 spiro atoms. The quantitative estimate of drug-likeness (QED) is 0.662. The van der Waals surface area contributed by atoms with E-state index >= 15 is 0 Å². The van der Waals surface area contributed by atoms with Crippen molar-refractivity contribution in [1.82, 2.24) is 35.7 Å². The Morgan fingerprint density at radius 1 is 1.06 bits per heavy atom. The molecular weight excluding hydrogens is 388 g/mol. The molecule has 0 aliphatic carbocycles. The zero-order valence-corrected chi connectivity index (χ0v) is 18.0. The van der Waals surface area contributed by atoms with Crippen molar-refractivity contribution >= 4 is 16.6 Å². The highest BCUT2D eigenvalue weighted by Gasteiger charge is 2.25. The number of rotatable bonds is 5. The van der Waals surface area contributed by atoms with Crippen molar-refractivity contribution in [3.05, 3.63) is 60.6 Å². The van der Waals surface area contributed by atoms with Gasteiger partial charge in [0, 0.05) is 62.1 Å². The van der Waals surface area contributed by atoms with Crippen LogP contribution >= 0.6 is 0 Å². The highest BCUT2D eigenvalue weighted by molar-refractivity contribution is 5.99. The average molecular weight is 417 g/mol. The van der Waals surface area contributed by atoms with Gasteiger partial charge in [0.15, 0.2) is 5.82 Å². The summed E-state index contributed by atoms with van der Waals surface area (Å²) in [5.41, 5.74) is 9.17. The second-order valence-corrected chi connectivity index (χ2v) is 8.23. The molecular formula is C23H28N8. The first-order valence-electron chi connectivity index (χ1n) is 10.8. The maximum Gasteiger partial charge on any atom is 0.159 e. The van der Waals surface area contributed by atoms with Gasteiger partial charge in [0.1, 0.15) is 5.69 Å². The van der Waals surface area contributed by atoms with E-state index in [-0.39, 0.29) is 0 Å². The molecule has 2 N–H and O–H groups in total. The van der Waals surface area contributed by atoms with Crippen LogP contribution in [-0.4, -0.2) is 57.6 Å². The van der Waals surface area contributed by atoms with Gasteiger partial charge in [0.25, 0.3) is 0 Å². The van der Waals surface area contributed by atoms with Gasteiger partial charge in [-0.1, -0.05) is 24.3 Å². The Balaban J connectivity index is 1.34. The first kappa shape index (κ1) is 19.6. The van der Waals surface area contributed by atoms with Crippen LogP contribution in [-0.2, 0) is 7.05 Å². The number of aromatic nitrogens is 4. The Morgan fingerprint density at radius 2 is 1.87 bits per heavy atom. The number of nitrogens with one attached hydrogen (secondary N) is 2. The highest BCUT2D eigenvalue weighted by Crippen LogP contribution is 2.32. The summed E-state index contributed by atoms with van der Waals surface area (Å²) in [5.74, 6) is 0.982. The van der Waals surface area contributed by atoms with Gasteiger partial charge in [-0.3, -0.25) is 9.58 Å². The van der Waals surface area contributed by atoms with E-state index in [0.717, 1.165) is 60.5 Å². The van der Waals surface area contributed by atoms with Gasteiger partial charge in [-0.2, -0.15) is 5.10 Å². The number of likely N-dealkylation sites (N-methyl/N-ethyl adjacent to an activating group) is 1. The average Bonchev–Trinajstić information content (AvgIpc) is 3.24. The van der Waals surface area contributed by atoms with Crippen molar-refractivity contribution in [3.8, 4) is 11.4 Å². The Morgan fingerprint density at radius 3 is 2.58 bits per heavy atom. The Bertz CT molecular complexity index is 1120. The molecule has 0 atom stereocenters. The molecule has 1 aromatic carbocycles. The number of nitrogens with zero attached hydrogens (tertiary/aromatic N) is 6. The van der Waals surface area contributed by atoms with Crippen LogP contribution in [0, 0.1) is 0 Å². The fraction of sp³-hybridized carbons (Fsp3) is 0.348. The summed E-state index contributed by atoms with van der Waals surface area (Å²) in [5, 5.41) is 15.9. The van der Waals surface area contributed by atoms with Crippen molar-refractivity contribution < 1.29 is 0 Å². The number of hydrazine groups is 1. The minimum absolute atomic E-state index is 0.563. The first-order valence-corrected chi connectivity index (χ1v) is 10.8. The summed E-state index contributed by atoms with van der Waals surface area (Å²) in [6.45, 7) is 2.90. The number of hydrogen-bond donors (Lipinski definition) is 2. The van der Waals surface area contributed by atoms with Gasteiger partial charge in [-0.15, -0.1) is 10.2 Å². The van der Waals surface area contributed by atoms with Crippen LogP contribution in [0.4, 0.5) is 5.82 Å². The molecule has 5 rings (SSSR count). The molecule has 4 heterocycles. The van der Waals surface area contributed by atoms with E-state index in [4.69, 9.17) is 0 Å². The van der Waals surface area contributed by atoms with E-state index in [1.165, 1.54) is 5.57 Å². The zero-order valence-electron chi connectivity index (χ0n) is 18.0. The third kappa shape index (κ3) is 3.86. The summed E-state index contributed by atoms with van der Waals surface area (Å²) in [4.78, 5) is 4.84. The van der Waals surface area contributed by atoms with E-state index in [1.807, 2.05) is 30.2 Å². The zero-order chi connectivity index (χ0) is 21.2. The van der Waals surface area contributed by atoms with Crippen molar-refractivity contribution in [2.24, 2.45) is 7.05 Å². The molecule has 31 heavy (non-hydrogen) atoms. The van der Waals surface area contributed by atoms with Crippen molar-refractivity contribution in [2.75, 3.05) is 31.6 Å². The lowest BCUT2D eigenvalue weighted by molar-refractivity contribution is 0.224. The fourth-order valence-electron chi connectivity index (χ4n) is 4.53. The van der Waals surface area contributed by atoms with Crippen LogP contribution in [0.15, 0.2) is 60.6 Å². The van der Waals surface area contributed by atoms with E-state index in [1.54, 1.807) is 6.20 Å². The number of piperidine rings is 1. The van der Waals surface area contributed by atoms with Crippen molar-refractivity contribution in [3.63, 3.8) is 0 Å². The molecule has 2 aliphatic heterocycles. The topological polar surface area (TPSA) is 74.1 Å². The van der Waals surface area contributed by atoms with E-state index in [9.17, 15) is 0 Å². The molecule has 1 saturated heterocycles. The highest BCUT2D eigenvalue weighted by atomic mass is 15.3. The lowest BCUT2D eigenvalue weighted by atomic mass is 10.0. The molecule has 0 amide bonds. The molecule has 0 bridgehead atoms. The van der Waals surface area contributed by atoms with Gasteiger partial charge in [0.2, 0.25) is 0 Å². The maximum atomic E-state index is 4.68. The lowest BCUT2D eigenvalue weighted by Gasteiger charge is -2.37. The van der Waals surface area contributed by atoms with Crippen molar-refractivity contribution in [1.29, 1.82) is 0 Å². The first-order chi connectivity index (χ1) is 15.2. The summed E-state index contributed by atoms with van der Waals surface area (Å²) < 4.78 is 1.85. The third-order valence-corrected chi connectivity index (χ3v) is 6.27. The van der Waals surface area contributed by atoms with Crippen molar-refractivity contribution in [2.45, 2.75) is 18.9 Å². The molecule has 1 fully saturated rings. The van der Waals surface area contributed by atoms with E-state index < -0.39 is 0 Å². The van der Waals surface area contributed by atoms with E-state index in [2.05, 4.69) is 73.3 Å². The number of hydrogen-bond acceptors (Lipinski definition) is 7. The standard InChI is InChI=1S/C23H28N8/c1-29(16-17-7-11-24-25-15-17)18-9-13-31(14-10-18)23-20-6-4-3-5-19(20)22(27-28-23)21-8-12-26-30(21)2/h3-8,11-12,15,18,24-25H,9-10,13-14,16H2,1-2H3. The van der Waals surface area contributed by atoms with Gasteiger partial charge >= 0.3 is 0 Å². The summed E-state index contributed by atoms with van der Waals surface area (Å²) in [6, 6.07) is 11.0. The van der Waals surface area contributed by atoms with E-state index in [0.29, 0.717) is 6.04 Å². The molecule has 2 aromatic heterocycles. The number of anilines is 1. The van der Waals surface area contributed by atoms with Gasteiger partial charge in [0.05, 0.1) is 5.69 Å². The number of benzene rings is 1. The van der Waals surface area contributed by atoms with Gasteiger partial charge < -0.3 is 15.8 Å². The Hall–Kier alpha value is -3.39. The molecule has 0 saturated carbocycles. The SMILES string of the molecule is CN(CC1=CNNC=C1)C1CCN(c2nnc(-c3ccnn3C)c3ccccc23)CC1. The molecule has 8 heteroatoms. The largest absolute Gasteiger partial charge is 0.354 e. The molecule has 8 nitrogen and oxygen atoms in total. The Labute approximate surface area is 182 Å². The summed E-state index contributed by atoms with van der Waals surface area (Å²) in [6.07, 6.45) is 10.1. The van der Waals surface area contributed by atoms with Gasteiger partial charge in [-0.25, -0.2) is 0 Å². The summed E-state index contributed by atoms with van der Waals surface area (Å²) >= 11 is 0. The monoisotopic (exact) mass is 416 g/mol. The summed E-state index contributed by atoms with van der Waals surface area (Å²) in [7, 11) is 4.15. The lowest BCUT2D eigenvalue weighted by Crippen LogP contribution is -2.44. The smallest absolute Gasteiger partial charge is 0.159 e. The molecule has 3 aromatic rings. The molecule has 0 unspecified atom stereocenters. The predicted molar refractivity (Wildman–Crippen MR) is 123 cm³/mol. The van der Waals surface area contributed by atoms with Crippen LogP contribution in [0.25, 0.3) is 22.2 Å². The van der Waals surface area contributed by atoms with Crippen LogP contribution in [0.3, 0.4) is 0 Å². The fourth-order valence-corrected chi connectivity index (χ4v) is 4.53. The molecule has 160 valence electrons.